The average Bonchev–Trinajstić information content (AvgIpc) is 3.89. The van der Waals surface area contributed by atoms with Gasteiger partial charge in [-0.3, -0.25) is 0 Å². The fraction of sp³-hybridized carbons (Fsp3) is 0.148. The summed E-state index contributed by atoms with van der Waals surface area (Å²) in [6, 6.07) is 61.1. The third-order valence-electron chi connectivity index (χ3n) is 13.5. The molecule has 0 fully saturated rings. The fourth-order valence-electron chi connectivity index (χ4n) is 10.6. The molecule has 1 aliphatic rings. The second-order valence-corrected chi connectivity index (χ2v) is 17.6. The largest absolute Gasteiger partial charge is 0.309 e. The minimum Gasteiger partial charge on any atom is -0.309 e. The lowest BCUT2D eigenvalue weighted by Crippen LogP contribution is -2.33. The van der Waals surface area contributed by atoms with Gasteiger partial charge in [0.2, 0.25) is 0 Å². The summed E-state index contributed by atoms with van der Waals surface area (Å²) in [4.78, 5) is 0. The normalized spacial score (nSPS) is 15.2. The molecule has 3 heteroatoms. The molecule has 274 valence electrons. The zero-order chi connectivity index (χ0) is 38.2. The molecule has 3 aromatic heterocycles. The number of para-hydroxylation sites is 4. The number of benzene rings is 8. The van der Waals surface area contributed by atoms with Crippen LogP contribution in [0.3, 0.4) is 0 Å². The van der Waals surface area contributed by atoms with Crippen molar-refractivity contribution in [1.29, 1.82) is 0 Å². The standard InChI is InChI=1S/C54H43N3/c1-53(2)30-31-54(3,4)44-33-48-42(32-43(44)53)50-40-21-9-8-20-39(40)49-41-22-12-15-25-47(41)56(51(49)52(50)57(48)34-16-6-5-7-17-34)36-28-26-35(27-29-36)55-45-23-13-10-18-37(45)38-19-11-14-24-46(38)55/h5-29,32-33H,30-31H2,1-4H3. The van der Waals surface area contributed by atoms with Crippen molar-refractivity contribution < 1.29 is 0 Å². The Morgan fingerprint density at radius 2 is 0.719 bits per heavy atom. The highest BCUT2D eigenvalue weighted by atomic mass is 15.0. The van der Waals surface area contributed by atoms with E-state index in [-0.39, 0.29) is 10.8 Å². The first-order valence-electron chi connectivity index (χ1n) is 20.4. The van der Waals surface area contributed by atoms with Crippen LogP contribution in [-0.4, -0.2) is 13.7 Å². The van der Waals surface area contributed by atoms with Crippen molar-refractivity contribution in [3.63, 3.8) is 0 Å². The molecule has 0 radical (unpaired) electrons. The highest BCUT2D eigenvalue weighted by Crippen LogP contribution is 2.51. The van der Waals surface area contributed by atoms with Gasteiger partial charge < -0.3 is 13.7 Å². The highest BCUT2D eigenvalue weighted by molar-refractivity contribution is 6.36. The average molecular weight is 734 g/mol. The molecule has 0 atom stereocenters. The molecule has 0 saturated heterocycles. The smallest absolute Gasteiger partial charge is 0.0795 e. The molecule has 3 nitrogen and oxygen atoms in total. The van der Waals surface area contributed by atoms with E-state index in [0.717, 1.165) is 11.4 Å². The predicted molar refractivity (Wildman–Crippen MR) is 242 cm³/mol. The molecule has 0 unspecified atom stereocenters. The summed E-state index contributed by atoms with van der Waals surface area (Å²) in [5.41, 5.74) is 14.0. The number of nitrogens with zero attached hydrogens (tertiary/aromatic N) is 3. The molecule has 0 amide bonds. The lowest BCUT2D eigenvalue weighted by atomic mass is 9.63. The van der Waals surface area contributed by atoms with Crippen LogP contribution < -0.4 is 0 Å². The number of hydrogen-bond donors (Lipinski definition) is 0. The summed E-state index contributed by atoms with van der Waals surface area (Å²) in [6.45, 7) is 9.77. The minimum atomic E-state index is 0.0847. The van der Waals surface area contributed by atoms with E-state index >= 15 is 0 Å². The van der Waals surface area contributed by atoms with Crippen LogP contribution in [-0.2, 0) is 10.8 Å². The van der Waals surface area contributed by atoms with Crippen LogP contribution in [0, 0.1) is 0 Å². The SMILES string of the molecule is CC1(C)CCC(C)(C)c2cc3c(cc21)c1c2ccccc2c2c4ccccc4n(-c4ccc(-n5c6ccccc6c6ccccc65)cc4)c2c1n3-c1ccccc1. The van der Waals surface area contributed by atoms with Crippen molar-refractivity contribution in [3.8, 4) is 17.1 Å². The molecule has 11 aromatic rings. The fourth-order valence-corrected chi connectivity index (χ4v) is 10.6. The van der Waals surface area contributed by atoms with Crippen molar-refractivity contribution in [1.82, 2.24) is 13.7 Å². The Morgan fingerprint density at radius 3 is 1.28 bits per heavy atom. The van der Waals surface area contributed by atoms with Crippen LogP contribution in [0.4, 0.5) is 0 Å². The van der Waals surface area contributed by atoms with Crippen molar-refractivity contribution in [2.45, 2.75) is 51.4 Å². The molecule has 0 saturated carbocycles. The van der Waals surface area contributed by atoms with E-state index in [1.54, 1.807) is 0 Å². The van der Waals surface area contributed by atoms with Gasteiger partial charge >= 0.3 is 0 Å². The van der Waals surface area contributed by atoms with Gasteiger partial charge in [0.05, 0.1) is 33.1 Å². The van der Waals surface area contributed by atoms with Gasteiger partial charge in [0.15, 0.2) is 0 Å². The van der Waals surface area contributed by atoms with Gasteiger partial charge in [0.1, 0.15) is 0 Å². The minimum absolute atomic E-state index is 0.0847. The Kier molecular flexibility index (Phi) is 6.58. The quantitative estimate of drug-likeness (QED) is 0.172. The zero-order valence-corrected chi connectivity index (χ0v) is 32.8. The third kappa shape index (κ3) is 4.43. The summed E-state index contributed by atoms with van der Waals surface area (Å²) in [5.74, 6) is 0. The second-order valence-electron chi connectivity index (χ2n) is 17.6. The molecule has 0 spiro atoms. The highest BCUT2D eigenvalue weighted by Gasteiger charge is 2.38. The lowest BCUT2D eigenvalue weighted by Gasteiger charge is -2.42. The Morgan fingerprint density at radius 1 is 0.333 bits per heavy atom. The Hall–Kier alpha value is -6.58. The summed E-state index contributed by atoms with van der Waals surface area (Å²) >= 11 is 0. The number of hydrogen-bond acceptors (Lipinski definition) is 0. The second kappa shape index (κ2) is 11.5. The van der Waals surface area contributed by atoms with Crippen LogP contribution in [0.1, 0.15) is 51.7 Å². The molecular weight excluding hydrogens is 691 g/mol. The molecule has 3 heterocycles. The number of fused-ring (bicyclic) bond motifs is 14. The maximum Gasteiger partial charge on any atom is 0.0795 e. The van der Waals surface area contributed by atoms with Crippen LogP contribution in [0.25, 0.3) is 93.3 Å². The maximum atomic E-state index is 2.58. The van der Waals surface area contributed by atoms with Crippen LogP contribution in [0.5, 0.6) is 0 Å². The van der Waals surface area contributed by atoms with Crippen LogP contribution in [0.2, 0.25) is 0 Å². The molecule has 0 aliphatic heterocycles. The summed E-state index contributed by atoms with van der Waals surface area (Å²) in [6.07, 6.45) is 2.36. The van der Waals surface area contributed by atoms with E-state index < -0.39 is 0 Å². The van der Waals surface area contributed by atoms with E-state index in [4.69, 9.17) is 0 Å². The first kappa shape index (κ1) is 32.6. The van der Waals surface area contributed by atoms with Crippen LogP contribution in [0.15, 0.2) is 164 Å². The molecular formula is C54H43N3. The van der Waals surface area contributed by atoms with E-state index in [0.29, 0.717) is 0 Å². The molecule has 12 rings (SSSR count). The van der Waals surface area contributed by atoms with Crippen molar-refractivity contribution in [3.05, 3.63) is 175 Å². The Bertz CT molecular complexity index is 3390. The Balaban J connectivity index is 1.25. The van der Waals surface area contributed by atoms with Crippen molar-refractivity contribution in [2.75, 3.05) is 0 Å². The third-order valence-corrected chi connectivity index (χ3v) is 13.5. The first-order chi connectivity index (χ1) is 27.8. The number of aromatic nitrogens is 3. The molecule has 0 bridgehead atoms. The molecule has 57 heavy (non-hydrogen) atoms. The molecule has 8 aromatic carbocycles. The van der Waals surface area contributed by atoms with Crippen LogP contribution >= 0.6 is 0 Å². The number of rotatable bonds is 3. The summed E-state index contributed by atoms with van der Waals surface area (Å²) < 4.78 is 7.53. The van der Waals surface area contributed by atoms with Gasteiger partial charge in [0.25, 0.3) is 0 Å². The lowest BCUT2D eigenvalue weighted by molar-refractivity contribution is 0.332. The van der Waals surface area contributed by atoms with Gasteiger partial charge in [-0.1, -0.05) is 125 Å². The van der Waals surface area contributed by atoms with Gasteiger partial charge in [0, 0.05) is 49.4 Å². The van der Waals surface area contributed by atoms with Crippen molar-refractivity contribution >= 4 is 76.2 Å². The zero-order valence-electron chi connectivity index (χ0n) is 32.8. The monoisotopic (exact) mass is 733 g/mol. The first-order valence-corrected chi connectivity index (χ1v) is 20.4. The summed E-state index contributed by atoms with van der Waals surface area (Å²) in [7, 11) is 0. The van der Waals surface area contributed by atoms with Gasteiger partial charge in [-0.05, 0) is 112 Å². The summed E-state index contributed by atoms with van der Waals surface area (Å²) in [5, 5.41) is 10.4. The molecule has 0 N–H and O–H groups in total. The van der Waals surface area contributed by atoms with E-state index in [1.807, 2.05) is 0 Å². The van der Waals surface area contributed by atoms with Gasteiger partial charge in [-0.15, -0.1) is 0 Å². The van der Waals surface area contributed by atoms with E-state index in [9.17, 15) is 0 Å². The van der Waals surface area contributed by atoms with Gasteiger partial charge in [-0.25, -0.2) is 0 Å². The van der Waals surface area contributed by atoms with Gasteiger partial charge in [-0.2, -0.15) is 0 Å². The predicted octanol–water partition coefficient (Wildman–Crippen LogP) is 14.5. The Labute approximate surface area is 332 Å². The maximum absolute atomic E-state index is 2.58. The van der Waals surface area contributed by atoms with E-state index in [2.05, 4.69) is 205 Å². The topological polar surface area (TPSA) is 14.8 Å². The molecule has 1 aliphatic carbocycles. The van der Waals surface area contributed by atoms with E-state index in [1.165, 1.54) is 106 Å². The van der Waals surface area contributed by atoms with Crippen molar-refractivity contribution in [2.24, 2.45) is 0 Å².